The van der Waals surface area contributed by atoms with Gasteiger partial charge in [-0.15, -0.1) is 0 Å². The minimum absolute atomic E-state index is 0.0978. The highest BCUT2D eigenvalue weighted by Gasteiger charge is 2.32. The molecule has 0 bridgehead atoms. The summed E-state index contributed by atoms with van der Waals surface area (Å²) in [4.78, 5) is 22.0. The zero-order chi connectivity index (χ0) is 20.7. The van der Waals surface area contributed by atoms with Gasteiger partial charge in [-0.2, -0.15) is 0 Å². The van der Waals surface area contributed by atoms with Crippen LogP contribution in [0.25, 0.3) is 10.9 Å². The van der Waals surface area contributed by atoms with Crippen LogP contribution in [0.1, 0.15) is 34.1 Å². The van der Waals surface area contributed by atoms with Crippen LogP contribution in [0.2, 0.25) is 0 Å². The second-order valence-electron chi connectivity index (χ2n) is 7.59. The molecular weight excluding hydrogens is 380 g/mol. The maximum Gasteiger partial charge on any atom is 0.400 e. The van der Waals surface area contributed by atoms with Crippen molar-refractivity contribution in [2.45, 2.75) is 26.3 Å². The van der Waals surface area contributed by atoms with Gasteiger partial charge in [0.25, 0.3) is 0 Å². The minimum atomic E-state index is -0.600. The molecule has 1 aliphatic carbocycles. The molecule has 1 unspecified atom stereocenters. The van der Waals surface area contributed by atoms with Crippen LogP contribution in [0.5, 0.6) is 0 Å². The van der Waals surface area contributed by atoms with E-state index in [9.17, 15) is 4.79 Å². The van der Waals surface area contributed by atoms with E-state index < -0.39 is 5.97 Å². The zero-order valence-corrected chi connectivity index (χ0v) is 16.9. The highest BCUT2D eigenvalue weighted by atomic mass is 16.7. The Morgan fingerprint density at radius 2 is 2.17 bits per heavy atom. The monoisotopic (exact) mass is 402 g/mol. The molecule has 0 spiro atoms. The summed E-state index contributed by atoms with van der Waals surface area (Å²) in [6, 6.07) is 11.5. The summed E-state index contributed by atoms with van der Waals surface area (Å²) in [6.07, 6.45) is 7.06. The van der Waals surface area contributed by atoms with Gasteiger partial charge >= 0.3 is 5.97 Å². The third kappa shape index (κ3) is 3.03. The van der Waals surface area contributed by atoms with E-state index in [1.165, 1.54) is 12.0 Å². The van der Waals surface area contributed by atoms with Crippen LogP contribution in [0, 0.1) is 12.8 Å². The first kappa shape index (κ1) is 18.4. The smallest absolute Gasteiger partial charge is 0.400 e. The van der Waals surface area contributed by atoms with Crippen LogP contribution in [0.15, 0.2) is 64.6 Å². The number of aryl methyl sites for hydroxylation is 2. The third-order valence-corrected chi connectivity index (χ3v) is 5.89. The van der Waals surface area contributed by atoms with Crippen molar-refractivity contribution in [1.29, 1.82) is 0 Å². The number of hydrogen-bond acceptors (Lipinski definition) is 5. The van der Waals surface area contributed by atoms with Crippen molar-refractivity contribution in [3.8, 4) is 0 Å². The molecule has 0 N–H and O–H groups in total. The average molecular weight is 402 g/mol. The molecule has 0 amide bonds. The van der Waals surface area contributed by atoms with E-state index in [2.05, 4.69) is 38.5 Å². The standard InChI is InChI=1S/C23H22N4O3/c1-15-24-11-12-27(15)14-16-9-10-19-21(17-6-3-4-7-18(17)26(19)2)22(16)25-30-23(28)20-8-5-13-29-20/h3-8,11-13,16H,9-10,14H2,1-2H3/b25-22+. The SMILES string of the molecule is Cc1nccn1CC1CCc2c(c3ccccc3n2C)/C1=N/OC(=O)c1ccco1. The van der Waals surface area contributed by atoms with Gasteiger partial charge in [0, 0.05) is 54.1 Å². The highest BCUT2D eigenvalue weighted by Crippen LogP contribution is 2.35. The average Bonchev–Trinajstić information content (AvgIpc) is 3.49. The van der Waals surface area contributed by atoms with Crippen LogP contribution in [0.3, 0.4) is 0 Å². The Morgan fingerprint density at radius 1 is 1.30 bits per heavy atom. The van der Waals surface area contributed by atoms with Crippen molar-refractivity contribution in [3.63, 3.8) is 0 Å². The molecule has 0 fully saturated rings. The van der Waals surface area contributed by atoms with Gasteiger partial charge in [0.15, 0.2) is 0 Å². The number of imidazole rings is 1. The van der Waals surface area contributed by atoms with E-state index in [0.29, 0.717) is 0 Å². The van der Waals surface area contributed by atoms with Gasteiger partial charge in [-0.05, 0) is 38.0 Å². The van der Waals surface area contributed by atoms with Crippen molar-refractivity contribution >= 4 is 22.6 Å². The van der Waals surface area contributed by atoms with E-state index in [4.69, 9.17) is 9.25 Å². The number of para-hydroxylation sites is 1. The molecule has 7 nitrogen and oxygen atoms in total. The Labute approximate surface area is 173 Å². The lowest BCUT2D eigenvalue weighted by Gasteiger charge is -2.25. The predicted molar refractivity (Wildman–Crippen MR) is 112 cm³/mol. The lowest BCUT2D eigenvalue weighted by molar-refractivity contribution is 0.0477. The summed E-state index contributed by atoms with van der Waals surface area (Å²) in [5.41, 5.74) is 4.21. The van der Waals surface area contributed by atoms with Crippen molar-refractivity contribution in [2.75, 3.05) is 0 Å². The second-order valence-corrected chi connectivity index (χ2v) is 7.59. The summed E-state index contributed by atoms with van der Waals surface area (Å²) in [5.74, 6) is 0.582. The van der Waals surface area contributed by atoms with Crippen LogP contribution in [-0.4, -0.2) is 25.8 Å². The van der Waals surface area contributed by atoms with Gasteiger partial charge in [-0.25, -0.2) is 9.78 Å². The number of hydrogen-bond donors (Lipinski definition) is 0. The van der Waals surface area contributed by atoms with Crippen molar-refractivity contribution < 1.29 is 14.0 Å². The zero-order valence-electron chi connectivity index (χ0n) is 16.9. The van der Waals surface area contributed by atoms with Gasteiger partial charge in [-0.1, -0.05) is 23.4 Å². The summed E-state index contributed by atoms with van der Waals surface area (Å²) >= 11 is 0. The topological polar surface area (TPSA) is 74.6 Å². The molecule has 30 heavy (non-hydrogen) atoms. The number of rotatable bonds is 4. The molecule has 1 aromatic carbocycles. The van der Waals surface area contributed by atoms with E-state index in [0.717, 1.165) is 47.4 Å². The molecule has 1 atom stereocenters. The Balaban J connectivity index is 1.59. The Bertz CT molecular complexity index is 1250. The molecule has 3 heterocycles. The molecular formula is C23H22N4O3. The molecule has 1 aliphatic rings. The fourth-order valence-corrected chi connectivity index (χ4v) is 4.34. The number of benzene rings is 1. The second kappa shape index (κ2) is 7.33. The number of oxime groups is 1. The van der Waals surface area contributed by atoms with E-state index in [-0.39, 0.29) is 11.7 Å². The number of carbonyl (C=O) groups excluding carboxylic acids is 1. The minimum Gasteiger partial charge on any atom is -0.457 e. The first-order valence-electron chi connectivity index (χ1n) is 10.0. The summed E-state index contributed by atoms with van der Waals surface area (Å²) < 4.78 is 9.48. The van der Waals surface area contributed by atoms with Gasteiger partial charge in [0.05, 0.1) is 12.0 Å². The quantitative estimate of drug-likeness (QED) is 0.380. The molecule has 0 saturated carbocycles. The largest absolute Gasteiger partial charge is 0.457 e. The van der Waals surface area contributed by atoms with Crippen LogP contribution >= 0.6 is 0 Å². The molecule has 7 heteroatoms. The first-order chi connectivity index (χ1) is 14.6. The normalized spacial score (nSPS) is 17.4. The Kier molecular flexibility index (Phi) is 4.50. The summed E-state index contributed by atoms with van der Waals surface area (Å²) in [5, 5.41) is 5.52. The number of furan rings is 1. The lowest BCUT2D eigenvalue weighted by Crippen LogP contribution is -2.28. The fourth-order valence-electron chi connectivity index (χ4n) is 4.34. The maximum atomic E-state index is 12.4. The maximum absolute atomic E-state index is 12.4. The van der Waals surface area contributed by atoms with Gasteiger partial charge in [-0.3, -0.25) is 0 Å². The molecule has 3 aromatic heterocycles. The number of aromatic nitrogens is 3. The molecule has 0 saturated heterocycles. The molecule has 5 rings (SSSR count). The summed E-state index contributed by atoms with van der Waals surface area (Å²) in [7, 11) is 2.08. The summed E-state index contributed by atoms with van der Waals surface area (Å²) in [6.45, 7) is 2.71. The lowest BCUT2D eigenvalue weighted by atomic mass is 9.84. The third-order valence-electron chi connectivity index (χ3n) is 5.89. The number of fused-ring (bicyclic) bond motifs is 3. The predicted octanol–water partition coefficient (Wildman–Crippen LogP) is 4.10. The van der Waals surface area contributed by atoms with Crippen LogP contribution in [0.4, 0.5) is 0 Å². The van der Waals surface area contributed by atoms with E-state index in [1.807, 2.05) is 25.3 Å². The molecule has 0 radical (unpaired) electrons. The molecule has 152 valence electrons. The van der Waals surface area contributed by atoms with E-state index in [1.54, 1.807) is 18.3 Å². The number of nitrogens with zero attached hydrogens (tertiary/aromatic N) is 4. The fraction of sp³-hybridized carbons (Fsp3) is 0.261. The Morgan fingerprint density at radius 3 is 2.93 bits per heavy atom. The molecule has 4 aromatic rings. The van der Waals surface area contributed by atoms with E-state index >= 15 is 0 Å². The van der Waals surface area contributed by atoms with Crippen molar-refractivity contribution in [2.24, 2.45) is 18.1 Å². The first-order valence-corrected chi connectivity index (χ1v) is 10.0. The van der Waals surface area contributed by atoms with Crippen LogP contribution in [-0.2, 0) is 24.9 Å². The molecule has 0 aliphatic heterocycles. The van der Waals surface area contributed by atoms with Crippen molar-refractivity contribution in [1.82, 2.24) is 14.1 Å². The van der Waals surface area contributed by atoms with Gasteiger partial charge in [0.1, 0.15) is 5.82 Å². The highest BCUT2D eigenvalue weighted by molar-refractivity contribution is 6.14. The van der Waals surface area contributed by atoms with Crippen LogP contribution < -0.4 is 0 Å². The van der Waals surface area contributed by atoms with Crippen molar-refractivity contribution in [3.05, 3.63) is 77.9 Å². The van der Waals surface area contributed by atoms with Gasteiger partial charge in [0.2, 0.25) is 5.76 Å². The number of carbonyl (C=O) groups is 1. The van der Waals surface area contributed by atoms with Gasteiger partial charge < -0.3 is 18.4 Å². The Hall–Kier alpha value is -3.61.